The number of hydrogen-bond acceptors (Lipinski definition) is 3. The van der Waals surface area contributed by atoms with Gasteiger partial charge in [0, 0.05) is 30.9 Å². The Balaban J connectivity index is 1.88. The number of alkyl halides is 3. The highest BCUT2D eigenvalue weighted by molar-refractivity contribution is 7.99. The lowest BCUT2D eigenvalue weighted by Crippen LogP contribution is -2.56. The summed E-state index contributed by atoms with van der Waals surface area (Å²) in [5, 5.41) is 6.54. The van der Waals surface area contributed by atoms with Crippen LogP contribution in [0.3, 0.4) is 0 Å². The minimum Gasteiger partial charge on any atom is -0.355 e. The monoisotopic (exact) mass is 366 g/mol. The largest absolute Gasteiger partial charge is 0.391 e. The summed E-state index contributed by atoms with van der Waals surface area (Å²) in [5.74, 6) is 1.62. The molecular formula is C16H29F3N4S. The van der Waals surface area contributed by atoms with E-state index in [1.165, 1.54) is 0 Å². The number of halogens is 3. The van der Waals surface area contributed by atoms with Gasteiger partial charge in [-0.2, -0.15) is 24.9 Å². The fourth-order valence-corrected chi connectivity index (χ4v) is 5.05. The van der Waals surface area contributed by atoms with Gasteiger partial charge in [-0.25, -0.2) is 0 Å². The molecule has 3 atom stereocenters. The molecule has 0 aromatic carbocycles. The minimum absolute atomic E-state index is 0.0867. The molecule has 8 heteroatoms. The van der Waals surface area contributed by atoms with E-state index >= 15 is 0 Å². The summed E-state index contributed by atoms with van der Waals surface area (Å²) in [5.41, 5.74) is 0.0867. The number of likely N-dealkylation sites (N-methyl/N-ethyl adjacent to an activating group) is 1. The molecule has 2 fully saturated rings. The van der Waals surface area contributed by atoms with Crippen LogP contribution in [0.2, 0.25) is 0 Å². The summed E-state index contributed by atoms with van der Waals surface area (Å²) < 4.78 is 38.8. The van der Waals surface area contributed by atoms with Gasteiger partial charge in [-0.05, 0) is 45.5 Å². The van der Waals surface area contributed by atoms with Gasteiger partial charge in [0.1, 0.15) is 0 Å². The van der Waals surface area contributed by atoms with Crippen LogP contribution in [0.5, 0.6) is 0 Å². The number of aliphatic imine (C=N–C) groups is 1. The van der Waals surface area contributed by atoms with E-state index in [9.17, 15) is 13.2 Å². The van der Waals surface area contributed by atoms with Gasteiger partial charge >= 0.3 is 6.18 Å². The Morgan fingerprint density at radius 2 is 2.08 bits per heavy atom. The number of guanidine groups is 1. The molecule has 0 radical (unpaired) electrons. The quantitative estimate of drug-likeness (QED) is 0.593. The number of hydrogen-bond donors (Lipinski definition) is 2. The standard InChI is InChI=1S/C16H29F3N4S/c1-20-14(21-10-15(23(2)3)7-8-24-11-15)22-13-6-4-5-12(9-13)16(17,18)19/h12-13H,4-11H2,1-3H3,(H2,20,21,22). The smallest absolute Gasteiger partial charge is 0.355 e. The first kappa shape index (κ1) is 19.7. The number of nitrogens with zero attached hydrogens (tertiary/aromatic N) is 2. The molecule has 0 aromatic heterocycles. The fraction of sp³-hybridized carbons (Fsp3) is 0.938. The van der Waals surface area contributed by atoms with Crippen LogP contribution in [0.1, 0.15) is 32.1 Å². The van der Waals surface area contributed by atoms with Gasteiger partial charge < -0.3 is 15.5 Å². The molecular weight excluding hydrogens is 337 g/mol. The second kappa shape index (κ2) is 8.17. The zero-order valence-electron chi connectivity index (χ0n) is 14.7. The van der Waals surface area contributed by atoms with Crippen molar-refractivity contribution < 1.29 is 13.2 Å². The van der Waals surface area contributed by atoms with Crippen LogP contribution in [0.4, 0.5) is 13.2 Å². The van der Waals surface area contributed by atoms with Crippen molar-refractivity contribution in [3.8, 4) is 0 Å². The molecule has 4 nitrogen and oxygen atoms in total. The molecule has 24 heavy (non-hydrogen) atoms. The van der Waals surface area contributed by atoms with Crippen LogP contribution in [0, 0.1) is 5.92 Å². The molecule has 1 heterocycles. The highest BCUT2D eigenvalue weighted by atomic mass is 32.2. The first-order valence-electron chi connectivity index (χ1n) is 8.56. The third kappa shape index (κ3) is 4.94. The average Bonchev–Trinajstić information content (AvgIpc) is 3.01. The molecule has 1 aliphatic carbocycles. The van der Waals surface area contributed by atoms with Crippen LogP contribution in [-0.4, -0.2) is 67.8 Å². The van der Waals surface area contributed by atoms with Gasteiger partial charge in [0.15, 0.2) is 5.96 Å². The first-order valence-corrected chi connectivity index (χ1v) is 9.71. The molecule has 140 valence electrons. The number of thioether (sulfide) groups is 1. The van der Waals surface area contributed by atoms with Crippen molar-refractivity contribution >= 4 is 17.7 Å². The van der Waals surface area contributed by atoms with E-state index in [1.54, 1.807) is 7.05 Å². The molecule has 0 aromatic rings. The van der Waals surface area contributed by atoms with Crippen molar-refractivity contribution in [1.29, 1.82) is 0 Å². The zero-order valence-corrected chi connectivity index (χ0v) is 15.6. The molecule has 3 unspecified atom stereocenters. The van der Waals surface area contributed by atoms with E-state index in [4.69, 9.17) is 0 Å². The van der Waals surface area contributed by atoms with Crippen molar-refractivity contribution in [2.24, 2.45) is 10.9 Å². The second-order valence-electron chi connectivity index (χ2n) is 7.09. The Kier molecular flexibility index (Phi) is 6.70. The van der Waals surface area contributed by atoms with Crippen molar-refractivity contribution in [2.75, 3.05) is 39.2 Å². The molecule has 2 aliphatic rings. The average molecular weight is 366 g/mol. The van der Waals surface area contributed by atoms with Gasteiger partial charge in [0.05, 0.1) is 5.92 Å². The zero-order chi connectivity index (χ0) is 17.8. The molecule has 0 spiro atoms. The van der Waals surface area contributed by atoms with Crippen LogP contribution >= 0.6 is 11.8 Å². The van der Waals surface area contributed by atoms with Crippen molar-refractivity contribution in [3.63, 3.8) is 0 Å². The Morgan fingerprint density at radius 3 is 2.62 bits per heavy atom. The summed E-state index contributed by atoms with van der Waals surface area (Å²) >= 11 is 1.94. The van der Waals surface area contributed by atoms with Crippen LogP contribution in [0.25, 0.3) is 0 Å². The highest BCUT2D eigenvalue weighted by Gasteiger charge is 2.42. The van der Waals surface area contributed by atoms with Crippen LogP contribution < -0.4 is 10.6 Å². The molecule has 1 saturated carbocycles. The lowest BCUT2D eigenvalue weighted by molar-refractivity contribution is -0.183. The number of rotatable bonds is 4. The van der Waals surface area contributed by atoms with E-state index in [0.29, 0.717) is 12.4 Å². The van der Waals surface area contributed by atoms with E-state index in [2.05, 4.69) is 34.6 Å². The summed E-state index contributed by atoms with van der Waals surface area (Å²) in [7, 11) is 5.84. The summed E-state index contributed by atoms with van der Waals surface area (Å²) in [6.45, 7) is 0.752. The highest BCUT2D eigenvalue weighted by Crippen LogP contribution is 2.37. The third-order valence-electron chi connectivity index (χ3n) is 5.32. The van der Waals surface area contributed by atoms with Crippen LogP contribution in [0.15, 0.2) is 4.99 Å². The normalized spacial score (nSPS) is 32.2. The third-order valence-corrected chi connectivity index (χ3v) is 6.55. The van der Waals surface area contributed by atoms with Crippen molar-refractivity contribution in [3.05, 3.63) is 0 Å². The Morgan fingerprint density at radius 1 is 1.33 bits per heavy atom. The predicted octanol–water partition coefficient (Wildman–Crippen LogP) is 2.71. The number of nitrogens with one attached hydrogen (secondary N) is 2. The van der Waals surface area contributed by atoms with Crippen molar-refractivity contribution in [2.45, 2.75) is 49.9 Å². The van der Waals surface area contributed by atoms with E-state index in [0.717, 1.165) is 30.9 Å². The lowest BCUT2D eigenvalue weighted by Gasteiger charge is -2.37. The van der Waals surface area contributed by atoms with Gasteiger partial charge in [0.25, 0.3) is 0 Å². The van der Waals surface area contributed by atoms with Crippen molar-refractivity contribution in [1.82, 2.24) is 15.5 Å². The van der Waals surface area contributed by atoms with E-state index < -0.39 is 12.1 Å². The summed E-state index contributed by atoms with van der Waals surface area (Å²) in [4.78, 5) is 6.45. The maximum atomic E-state index is 12.9. The molecule has 2 rings (SSSR count). The maximum absolute atomic E-state index is 12.9. The topological polar surface area (TPSA) is 39.7 Å². The molecule has 1 saturated heterocycles. The second-order valence-corrected chi connectivity index (χ2v) is 8.20. The van der Waals surface area contributed by atoms with Gasteiger partial charge in [0.2, 0.25) is 0 Å². The first-order chi connectivity index (χ1) is 11.3. The summed E-state index contributed by atoms with van der Waals surface area (Å²) in [6.07, 6.45) is -1.23. The van der Waals surface area contributed by atoms with Crippen LogP contribution in [-0.2, 0) is 0 Å². The Labute approximate surface area is 147 Å². The Hall–Kier alpha value is -0.630. The minimum atomic E-state index is -4.09. The summed E-state index contributed by atoms with van der Waals surface area (Å²) in [6, 6.07) is -0.162. The Bertz CT molecular complexity index is 434. The molecule has 2 N–H and O–H groups in total. The SMILES string of the molecule is CN=C(NCC1(N(C)C)CCSC1)NC1CCCC(C(F)(F)F)C1. The van der Waals surface area contributed by atoms with Gasteiger partial charge in [-0.3, -0.25) is 4.99 Å². The lowest BCUT2D eigenvalue weighted by atomic mass is 9.85. The van der Waals surface area contributed by atoms with Gasteiger partial charge in [-0.1, -0.05) is 6.42 Å². The maximum Gasteiger partial charge on any atom is 0.391 e. The predicted molar refractivity (Wildman–Crippen MR) is 94.7 cm³/mol. The fourth-order valence-electron chi connectivity index (χ4n) is 3.50. The molecule has 0 bridgehead atoms. The molecule has 0 amide bonds. The van der Waals surface area contributed by atoms with Gasteiger partial charge in [-0.15, -0.1) is 0 Å². The van der Waals surface area contributed by atoms with E-state index in [1.807, 2.05) is 11.8 Å². The molecule has 1 aliphatic heterocycles. The van der Waals surface area contributed by atoms with E-state index in [-0.39, 0.29) is 24.4 Å².